The lowest BCUT2D eigenvalue weighted by molar-refractivity contribution is 0.0693. The van der Waals surface area contributed by atoms with Gasteiger partial charge < -0.3 is 25.4 Å². The number of carboxylic acid groups (broad SMARTS) is 1. The second kappa shape index (κ2) is 8.11. The third kappa shape index (κ3) is 5.70. The molecule has 0 saturated heterocycles. The normalized spacial score (nSPS) is 10.3. The SMILES string of the molecule is COc1cc(NC(=O)NCCCN(C)C)ccc1C(=O)O. The van der Waals surface area contributed by atoms with E-state index in [0.717, 1.165) is 13.0 Å². The number of carbonyl (C=O) groups is 2. The Hall–Kier alpha value is -2.28. The molecule has 3 N–H and O–H groups in total. The molecule has 1 rings (SSSR count). The minimum absolute atomic E-state index is 0.0504. The highest BCUT2D eigenvalue weighted by Gasteiger charge is 2.12. The van der Waals surface area contributed by atoms with Crippen molar-refractivity contribution in [1.82, 2.24) is 10.2 Å². The van der Waals surface area contributed by atoms with Crippen LogP contribution in [0.5, 0.6) is 5.75 Å². The smallest absolute Gasteiger partial charge is 0.339 e. The fraction of sp³-hybridized carbons (Fsp3) is 0.429. The van der Waals surface area contributed by atoms with Crippen LogP contribution in [0.15, 0.2) is 18.2 Å². The Kier molecular flexibility index (Phi) is 6.48. The van der Waals surface area contributed by atoms with Crippen molar-refractivity contribution in [2.75, 3.05) is 39.6 Å². The predicted octanol–water partition coefficient (Wildman–Crippen LogP) is 1.47. The maximum atomic E-state index is 11.7. The highest BCUT2D eigenvalue weighted by Crippen LogP contribution is 2.23. The first-order valence-electron chi connectivity index (χ1n) is 6.55. The number of anilines is 1. The topological polar surface area (TPSA) is 90.9 Å². The van der Waals surface area contributed by atoms with E-state index in [9.17, 15) is 9.59 Å². The summed E-state index contributed by atoms with van der Waals surface area (Å²) in [6.45, 7) is 1.45. The number of amides is 2. The minimum Gasteiger partial charge on any atom is -0.496 e. The number of carboxylic acids is 1. The zero-order chi connectivity index (χ0) is 15.8. The lowest BCUT2D eigenvalue weighted by Gasteiger charge is -2.12. The van der Waals surface area contributed by atoms with Crippen molar-refractivity contribution in [3.8, 4) is 5.75 Å². The molecule has 0 bridgehead atoms. The summed E-state index contributed by atoms with van der Waals surface area (Å²) in [5.41, 5.74) is 0.524. The van der Waals surface area contributed by atoms with Gasteiger partial charge in [0.1, 0.15) is 11.3 Å². The molecule has 7 heteroatoms. The molecule has 2 amide bonds. The van der Waals surface area contributed by atoms with Gasteiger partial charge in [-0.05, 0) is 39.2 Å². The second-order valence-corrected chi connectivity index (χ2v) is 4.76. The van der Waals surface area contributed by atoms with Crippen LogP contribution >= 0.6 is 0 Å². The number of methoxy groups -OCH3 is 1. The molecular formula is C14H21N3O4. The van der Waals surface area contributed by atoms with Gasteiger partial charge >= 0.3 is 12.0 Å². The number of aromatic carboxylic acids is 1. The van der Waals surface area contributed by atoms with Crippen molar-refractivity contribution in [2.24, 2.45) is 0 Å². The van der Waals surface area contributed by atoms with E-state index in [1.54, 1.807) is 0 Å². The third-order valence-corrected chi connectivity index (χ3v) is 2.76. The van der Waals surface area contributed by atoms with Crippen LogP contribution in [0.2, 0.25) is 0 Å². The van der Waals surface area contributed by atoms with Crippen molar-refractivity contribution in [2.45, 2.75) is 6.42 Å². The zero-order valence-electron chi connectivity index (χ0n) is 12.5. The summed E-state index contributed by atoms with van der Waals surface area (Å²) in [4.78, 5) is 24.7. The summed E-state index contributed by atoms with van der Waals surface area (Å²) in [6, 6.07) is 4.05. The molecule has 0 fully saturated rings. The maximum absolute atomic E-state index is 11.7. The number of nitrogens with zero attached hydrogens (tertiary/aromatic N) is 1. The third-order valence-electron chi connectivity index (χ3n) is 2.76. The van der Waals surface area contributed by atoms with Gasteiger partial charge in [0.05, 0.1) is 7.11 Å². The van der Waals surface area contributed by atoms with E-state index in [1.165, 1.54) is 25.3 Å². The lowest BCUT2D eigenvalue weighted by atomic mass is 10.2. The molecule has 0 spiro atoms. The fourth-order valence-corrected chi connectivity index (χ4v) is 1.72. The number of hydrogen-bond acceptors (Lipinski definition) is 4. The van der Waals surface area contributed by atoms with Crippen molar-refractivity contribution in [3.05, 3.63) is 23.8 Å². The average molecular weight is 295 g/mol. The van der Waals surface area contributed by atoms with Crippen LogP contribution in [0.4, 0.5) is 10.5 Å². The standard InChI is InChI=1S/C14H21N3O4/c1-17(2)8-4-7-15-14(20)16-10-5-6-11(13(18)19)12(9-10)21-3/h5-6,9H,4,7-8H2,1-3H3,(H,18,19)(H2,15,16,20). The number of benzene rings is 1. The van der Waals surface area contributed by atoms with Crippen LogP contribution in [0, 0.1) is 0 Å². The highest BCUT2D eigenvalue weighted by atomic mass is 16.5. The Morgan fingerprint density at radius 2 is 2.05 bits per heavy atom. The van der Waals surface area contributed by atoms with E-state index in [2.05, 4.69) is 10.6 Å². The average Bonchev–Trinajstić information content (AvgIpc) is 2.43. The molecule has 0 aromatic heterocycles. The van der Waals surface area contributed by atoms with Gasteiger partial charge in [0.2, 0.25) is 0 Å². The summed E-state index contributed by atoms with van der Waals surface area (Å²) in [7, 11) is 5.32. The summed E-state index contributed by atoms with van der Waals surface area (Å²) in [6.07, 6.45) is 0.849. The van der Waals surface area contributed by atoms with Crippen LogP contribution in [-0.2, 0) is 0 Å². The molecule has 0 radical (unpaired) electrons. The summed E-state index contributed by atoms with van der Waals surface area (Å²) >= 11 is 0. The number of hydrogen-bond donors (Lipinski definition) is 3. The molecular weight excluding hydrogens is 274 g/mol. The van der Waals surface area contributed by atoms with Crippen molar-refractivity contribution < 1.29 is 19.4 Å². The predicted molar refractivity (Wildman–Crippen MR) is 80.1 cm³/mol. The van der Waals surface area contributed by atoms with Gasteiger partial charge in [-0.25, -0.2) is 9.59 Å². The number of nitrogens with one attached hydrogen (secondary N) is 2. The first kappa shape index (κ1) is 16.8. The van der Waals surface area contributed by atoms with E-state index in [1.807, 2.05) is 19.0 Å². The second-order valence-electron chi connectivity index (χ2n) is 4.76. The molecule has 0 aliphatic heterocycles. The Balaban J connectivity index is 2.54. The molecule has 0 aliphatic carbocycles. The van der Waals surface area contributed by atoms with Crippen LogP contribution in [-0.4, -0.2) is 56.3 Å². The van der Waals surface area contributed by atoms with E-state index < -0.39 is 5.97 Å². The Morgan fingerprint density at radius 1 is 1.33 bits per heavy atom. The van der Waals surface area contributed by atoms with Gasteiger partial charge in [-0.2, -0.15) is 0 Å². The fourth-order valence-electron chi connectivity index (χ4n) is 1.72. The van der Waals surface area contributed by atoms with Crippen LogP contribution in [0.25, 0.3) is 0 Å². The van der Waals surface area contributed by atoms with Gasteiger partial charge in [0.15, 0.2) is 0 Å². The van der Waals surface area contributed by atoms with Crippen LogP contribution < -0.4 is 15.4 Å². The molecule has 0 aliphatic rings. The number of carbonyl (C=O) groups excluding carboxylic acids is 1. The Morgan fingerprint density at radius 3 is 2.62 bits per heavy atom. The lowest BCUT2D eigenvalue weighted by Crippen LogP contribution is -2.31. The first-order chi connectivity index (χ1) is 9.93. The molecule has 1 aromatic carbocycles. The molecule has 7 nitrogen and oxygen atoms in total. The number of urea groups is 1. The van der Waals surface area contributed by atoms with Gasteiger partial charge in [0, 0.05) is 18.3 Å². The molecule has 21 heavy (non-hydrogen) atoms. The quantitative estimate of drug-likeness (QED) is 0.663. The van der Waals surface area contributed by atoms with E-state index >= 15 is 0 Å². The summed E-state index contributed by atoms with van der Waals surface area (Å²) < 4.78 is 5.00. The zero-order valence-corrected chi connectivity index (χ0v) is 12.5. The summed E-state index contributed by atoms with van der Waals surface area (Å²) in [5.74, 6) is -0.876. The monoisotopic (exact) mass is 295 g/mol. The van der Waals surface area contributed by atoms with E-state index in [4.69, 9.17) is 9.84 Å². The Bertz CT molecular complexity index is 503. The largest absolute Gasteiger partial charge is 0.496 e. The van der Waals surface area contributed by atoms with Crippen molar-refractivity contribution in [3.63, 3.8) is 0 Å². The van der Waals surface area contributed by atoms with Gasteiger partial charge in [-0.3, -0.25) is 0 Å². The van der Waals surface area contributed by atoms with Crippen molar-refractivity contribution >= 4 is 17.7 Å². The molecule has 116 valence electrons. The molecule has 0 atom stereocenters. The number of ether oxygens (including phenoxy) is 1. The van der Waals surface area contributed by atoms with Crippen LogP contribution in [0.3, 0.4) is 0 Å². The van der Waals surface area contributed by atoms with Gasteiger partial charge in [0.25, 0.3) is 0 Å². The van der Waals surface area contributed by atoms with Crippen molar-refractivity contribution in [1.29, 1.82) is 0 Å². The molecule has 0 saturated carbocycles. The van der Waals surface area contributed by atoms with E-state index in [0.29, 0.717) is 12.2 Å². The molecule has 0 heterocycles. The highest BCUT2D eigenvalue weighted by molar-refractivity contribution is 5.94. The summed E-state index contributed by atoms with van der Waals surface area (Å²) in [5, 5.41) is 14.3. The molecule has 1 aromatic rings. The minimum atomic E-state index is -1.08. The van der Waals surface area contributed by atoms with Gasteiger partial charge in [-0.15, -0.1) is 0 Å². The molecule has 0 unspecified atom stereocenters. The maximum Gasteiger partial charge on any atom is 0.339 e. The number of rotatable bonds is 7. The van der Waals surface area contributed by atoms with E-state index in [-0.39, 0.29) is 17.3 Å². The first-order valence-corrected chi connectivity index (χ1v) is 6.55. The van der Waals surface area contributed by atoms with Crippen LogP contribution in [0.1, 0.15) is 16.8 Å². The van der Waals surface area contributed by atoms with Gasteiger partial charge in [-0.1, -0.05) is 0 Å². The Labute approximate surface area is 123 Å².